The van der Waals surface area contributed by atoms with Crippen LogP contribution in [0.25, 0.3) is 33.7 Å². The predicted octanol–water partition coefficient (Wildman–Crippen LogP) is 4.29. The second-order valence-electron chi connectivity index (χ2n) is 4.90. The normalized spacial score (nSPS) is 10.9. The van der Waals surface area contributed by atoms with Crippen LogP contribution in [0.2, 0.25) is 0 Å². The Bertz CT molecular complexity index is 843. The summed E-state index contributed by atoms with van der Waals surface area (Å²) in [6.07, 6.45) is 1.78. The SMILES string of the molecule is c1ccc(-c2ccc3nc(-c4ccccn4)[nH]c3c2)cc1. The van der Waals surface area contributed by atoms with Gasteiger partial charge in [0.2, 0.25) is 0 Å². The van der Waals surface area contributed by atoms with Crippen LogP contribution in [-0.4, -0.2) is 15.0 Å². The van der Waals surface area contributed by atoms with Crippen molar-refractivity contribution in [2.75, 3.05) is 0 Å². The third kappa shape index (κ3) is 2.19. The van der Waals surface area contributed by atoms with E-state index in [-0.39, 0.29) is 0 Å². The van der Waals surface area contributed by atoms with Crippen LogP contribution in [0, 0.1) is 0 Å². The number of fused-ring (bicyclic) bond motifs is 1. The van der Waals surface area contributed by atoms with Gasteiger partial charge < -0.3 is 4.98 Å². The predicted molar refractivity (Wildman–Crippen MR) is 84.8 cm³/mol. The maximum atomic E-state index is 4.60. The van der Waals surface area contributed by atoms with Crippen LogP contribution in [0.3, 0.4) is 0 Å². The highest BCUT2D eigenvalue weighted by Crippen LogP contribution is 2.25. The molecular formula is C18H13N3. The van der Waals surface area contributed by atoms with Gasteiger partial charge in [-0.1, -0.05) is 42.5 Å². The van der Waals surface area contributed by atoms with Crippen LogP contribution in [0.5, 0.6) is 0 Å². The molecule has 0 amide bonds. The minimum absolute atomic E-state index is 0.802. The number of rotatable bonds is 2. The van der Waals surface area contributed by atoms with E-state index >= 15 is 0 Å². The van der Waals surface area contributed by atoms with Crippen LogP contribution < -0.4 is 0 Å². The summed E-state index contributed by atoms with van der Waals surface area (Å²) in [6, 6.07) is 22.4. The van der Waals surface area contributed by atoms with Gasteiger partial charge in [0.15, 0.2) is 5.82 Å². The average molecular weight is 271 g/mol. The maximum absolute atomic E-state index is 4.60. The molecule has 0 bridgehead atoms. The van der Waals surface area contributed by atoms with Crippen LogP contribution in [0.15, 0.2) is 72.9 Å². The van der Waals surface area contributed by atoms with Crippen molar-refractivity contribution in [1.29, 1.82) is 0 Å². The van der Waals surface area contributed by atoms with Gasteiger partial charge in [0.05, 0.1) is 11.0 Å². The molecule has 0 aliphatic rings. The number of aromatic nitrogens is 3. The molecule has 0 aliphatic carbocycles. The van der Waals surface area contributed by atoms with E-state index in [0.717, 1.165) is 22.6 Å². The van der Waals surface area contributed by atoms with E-state index in [1.165, 1.54) is 11.1 Å². The lowest BCUT2D eigenvalue weighted by molar-refractivity contribution is 1.24. The molecule has 4 aromatic rings. The molecule has 100 valence electrons. The first-order valence-electron chi connectivity index (χ1n) is 6.87. The lowest BCUT2D eigenvalue weighted by Crippen LogP contribution is -1.82. The molecule has 3 heteroatoms. The molecule has 0 saturated carbocycles. The van der Waals surface area contributed by atoms with Crippen molar-refractivity contribution in [1.82, 2.24) is 15.0 Å². The number of pyridine rings is 1. The zero-order chi connectivity index (χ0) is 14.1. The zero-order valence-electron chi connectivity index (χ0n) is 11.3. The lowest BCUT2D eigenvalue weighted by Gasteiger charge is -2.00. The first kappa shape index (κ1) is 11.9. The maximum Gasteiger partial charge on any atom is 0.157 e. The summed E-state index contributed by atoms with van der Waals surface area (Å²) in [6.45, 7) is 0. The average Bonchev–Trinajstić information content (AvgIpc) is 2.99. The quantitative estimate of drug-likeness (QED) is 0.591. The van der Waals surface area contributed by atoms with Crippen molar-refractivity contribution in [3.63, 3.8) is 0 Å². The molecule has 2 aromatic heterocycles. The lowest BCUT2D eigenvalue weighted by atomic mass is 10.1. The van der Waals surface area contributed by atoms with E-state index in [1.807, 2.05) is 42.5 Å². The topological polar surface area (TPSA) is 41.6 Å². The van der Waals surface area contributed by atoms with E-state index in [9.17, 15) is 0 Å². The van der Waals surface area contributed by atoms with Crippen molar-refractivity contribution in [2.45, 2.75) is 0 Å². The number of imidazole rings is 1. The minimum atomic E-state index is 0.802. The summed E-state index contributed by atoms with van der Waals surface area (Å²) < 4.78 is 0. The fourth-order valence-electron chi connectivity index (χ4n) is 2.44. The Morgan fingerprint density at radius 3 is 2.43 bits per heavy atom. The highest BCUT2D eigenvalue weighted by molar-refractivity contribution is 5.84. The van der Waals surface area contributed by atoms with Gasteiger partial charge in [-0.05, 0) is 35.4 Å². The van der Waals surface area contributed by atoms with Gasteiger partial charge in [0.1, 0.15) is 5.69 Å². The molecule has 21 heavy (non-hydrogen) atoms. The van der Waals surface area contributed by atoms with E-state index in [0.29, 0.717) is 0 Å². The molecule has 4 rings (SSSR count). The molecular weight excluding hydrogens is 258 g/mol. The molecule has 1 N–H and O–H groups in total. The number of nitrogens with zero attached hydrogens (tertiary/aromatic N) is 2. The summed E-state index contributed by atoms with van der Waals surface area (Å²) >= 11 is 0. The number of hydrogen-bond donors (Lipinski definition) is 1. The largest absolute Gasteiger partial charge is 0.337 e. The van der Waals surface area contributed by atoms with Gasteiger partial charge in [-0.2, -0.15) is 0 Å². The number of hydrogen-bond acceptors (Lipinski definition) is 2. The number of H-pyrrole nitrogens is 1. The molecule has 0 radical (unpaired) electrons. The number of benzene rings is 2. The van der Waals surface area contributed by atoms with Crippen molar-refractivity contribution in [2.24, 2.45) is 0 Å². The van der Waals surface area contributed by atoms with Gasteiger partial charge >= 0.3 is 0 Å². The Balaban J connectivity index is 1.82. The monoisotopic (exact) mass is 271 g/mol. The summed E-state index contributed by atoms with van der Waals surface area (Å²) in [7, 11) is 0. The summed E-state index contributed by atoms with van der Waals surface area (Å²) in [4.78, 5) is 12.3. The molecule has 3 nitrogen and oxygen atoms in total. The molecule has 2 heterocycles. The first-order chi connectivity index (χ1) is 10.4. The summed E-state index contributed by atoms with van der Waals surface area (Å²) in [5, 5.41) is 0. The van der Waals surface area contributed by atoms with Gasteiger partial charge in [-0.15, -0.1) is 0 Å². The van der Waals surface area contributed by atoms with Crippen molar-refractivity contribution in [3.05, 3.63) is 72.9 Å². The minimum Gasteiger partial charge on any atom is -0.337 e. The Kier molecular flexibility index (Phi) is 2.75. The van der Waals surface area contributed by atoms with E-state index < -0.39 is 0 Å². The van der Waals surface area contributed by atoms with Crippen LogP contribution in [0.1, 0.15) is 0 Å². The second kappa shape index (κ2) is 4.87. The number of aromatic amines is 1. The zero-order valence-corrected chi connectivity index (χ0v) is 11.3. The molecule has 2 aromatic carbocycles. The Labute approximate surface area is 122 Å². The Morgan fingerprint density at radius 2 is 1.62 bits per heavy atom. The Hall–Kier alpha value is -2.94. The molecule has 0 aliphatic heterocycles. The van der Waals surface area contributed by atoms with E-state index in [4.69, 9.17) is 0 Å². The highest BCUT2D eigenvalue weighted by atomic mass is 14.9. The smallest absolute Gasteiger partial charge is 0.157 e. The van der Waals surface area contributed by atoms with Gasteiger partial charge in [0, 0.05) is 6.20 Å². The molecule has 0 fully saturated rings. The summed E-state index contributed by atoms with van der Waals surface area (Å²) in [5.74, 6) is 0.802. The first-order valence-corrected chi connectivity index (χ1v) is 6.87. The van der Waals surface area contributed by atoms with Gasteiger partial charge in [0.25, 0.3) is 0 Å². The summed E-state index contributed by atoms with van der Waals surface area (Å²) in [5.41, 5.74) is 5.22. The standard InChI is InChI=1S/C18H13N3/c1-2-6-13(7-3-1)14-9-10-15-17(12-14)21-18(20-15)16-8-4-5-11-19-16/h1-12H,(H,20,21). The molecule has 0 unspecified atom stereocenters. The van der Waals surface area contributed by atoms with E-state index in [2.05, 4.69) is 39.2 Å². The highest BCUT2D eigenvalue weighted by Gasteiger charge is 2.07. The molecule has 0 saturated heterocycles. The van der Waals surface area contributed by atoms with Gasteiger partial charge in [-0.3, -0.25) is 4.98 Å². The van der Waals surface area contributed by atoms with E-state index in [1.54, 1.807) is 6.20 Å². The third-order valence-electron chi connectivity index (χ3n) is 3.50. The molecule has 0 spiro atoms. The van der Waals surface area contributed by atoms with Crippen LogP contribution in [-0.2, 0) is 0 Å². The Morgan fingerprint density at radius 1 is 0.762 bits per heavy atom. The molecule has 0 atom stereocenters. The van der Waals surface area contributed by atoms with Crippen LogP contribution >= 0.6 is 0 Å². The van der Waals surface area contributed by atoms with Crippen molar-refractivity contribution >= 4 is 11.0 Å². The third-order valence-corrected chi connectivity index (χ3v) is 3.50. The second-order valence-corrected chi connectivity index (χ2v) is 4.90. The fraction of sp³-hybridized carbons (Fsp3) is 0. The number of nitrogens with one attached hydrogen (secondary N) is 1. The fourth-order valence-corrected chi connectivity index (χ4v) is 2.44. The van der Waals surface area contributed by atoms with Gasteiger partial charge in [-0.25, -0.2) is 4.98 Å². The van der Waals surface area contributed by atoms with Crippen LogP contribution in [0.4, 0.5) is 0 Å². The van der Waals surface area contributed by atoms with Crippen molar-refractivity contribution < 1.29 is 0 Å². The van der Waals surface area contributed by atoms with Crippen molar-refractivity contribution in [3.8, 4) is 22.6 Å².